The summed E-state index contributed by atoms with van der Waals surface area (Å²) in [6.45, 7) is 11.7. The lowest BCUT2D eigenvalue weighted by Crippen LogP contribution is -2.28. The first-order chi connectivity index (χ1) is 5.99. The Morgan fingerprint density at radius 1 is 1.31 bits per heavy atom. The summed E-state index contributed by atoms with van der Waals surface area (Å²) in [6, 6.07) is 0. The molecule has 0 atom stereocenters. The Hall–Kier alpha value is -0.660. The van der Waals surface area contributed by atoms with E-state index >= 15 is 0 Å². The lowest BCUT2D eigenvalue weighted by atomic mass is 9.85. The van der Waals surface area contributed by atoms with Gasteiger partial charge in [0.15, 0.2) is 0 Å². The number of ether oxygens (including phenoxy) is 1. The molecular formula is C11H23NO. The lowest BCUT2D eigenvalue weighted by Gasteiger charge is -2.28. The molecule has 0 saturated carbocycles. The van der Waals surface area contributed by atoms with Crippen LogP contribution in [0.2, 0.25) is 0 Å². The van der Waals surface area contributed by atoms with Crippen molar-refractivity contribution in [2.24, 2.45) is 5.41 Å². The lowest BCUT2D eigenvalue weighted by molar-refractivity contribution is 0.263. The van der Waals surface area contributed by atoms with Crippen LogP contribution in [0.5, 0.6) is 0 Å². The van der Waals surface area contributed by atoms with E-state index < -0.39 is 0 Å². The molecule has 0 aromatic heterocycles. The van der Waals surface area contributed by atoms with E-state index in [-0.39, 0.29) is 5.41 Å². The summed E-state index contributed by atoms with van der Waals surface area (Å²) in [4.78, 5) is 0. The number of hydrogen-bond donors (Lipinski definition) is 1. The molecule has 0 bridgehead atoms. The van der Waals surface area contributed by atoms with Crippen molar-refractivity contribution in [3.63, 3.8) is 0 Å². The van der Waals surface area contributed by atoms with Crippen LogP contribution in [0.3, 0.4) is 0 Å². The van der Waals surface area contributed by atoms with Gasteiger partial charge in [0, 0.05) is 12.0 Å². The van der Waals surface area contributed by atoms with Gasteiger partial charge >= 0.3 is 0 Å². The zero-order valence-corrected chi connectivity index (χ0v) is 9.82. The zero-order chi connectivity index (χ0) is 10.5. The molecule has 0 aliphatic rings. The topological polar surface area (TPSA) is 21.3 Å². The van der Waals surface area contributed by atoms with Crippen molar-refractivity contribution < 1.29 is 4.74 Å². The predicted octanol–water partition coefficient (Wildman–Crippen LogP) is 2.91. The van der Waals surface area contributed by atoms with Gasteiger partial charge in [-0.1, -0.05) is 20.8 Å². The highest BCUT2D eigenvalue weighted by Crippen LogP contribution is 2.30. The largest absolute Gasteiger partial charge is 0.500 e. The van der Waals surface area contributed by atoms with E-state index in [1.54, 1.807) is 7.11 Å². The standard InChI is InChI=1S/C11H23NO/c1-7-11(4,5)10(12-8-2)9(3)13-6/h12H,7-8H2,1-6H3/b10-9-. The van der Waals surface area contributed by atoms with Gasteiger partial charge in [-0.15, -0.1) is 0 Å². The first-order valence-corrected chi connectivity index (χ1v) is 4.98. The monoisotopic (exact) mass is 185 g/mol. The van der Waals surface area contributed by atoms with Crippen LogP contribution in [0.4, 0.5) is 0 Å². The molecule has 0 amide bonds. The molecule has 0 fully saturated rings. The molecule has 13 heavy (non-hydrogen) atoms. The molecule has 0 unspecified atom stereocenters. The van der Waals surface area contributed by atoms with E-state index in [9.17, 15) is 0 Å². The van der Waals surface area contributed by atoms with Gasteiger partial charge in [-0.3, -0.25) is 0 Å². The number of methoxy groups -OCH3 is 1. The van der Waals surface area contributed by atoms with Gasteiger partial charge in [0.05, 0.1) is 12.8 Å². The van der Waals surface area contributed by atoms with Crippen molar-refractivity contribution in [1.82, 2.24) is 5.32 Å². The van der Waals surface area contributed by atoms with E-state index in [4.69, 9.17) is 4.74 Å². The van der Waals surface area contributed by atoms with Crippen molar-refractivity contribution in [1.29, 1.82) is 0 Å². The molecule has 0 rings (SSSR count). The van der Waals surface area contributed by atoms with E-state index in [0.29, 0.717) is 0 Å². The normalized spacial score (nSPS) is 13.7. The van der Waals surface area contributed by atoms with Crippen molar-refractivity contribution in [2.45, 2.75) is 41.0 Å². The summed E-state index contributed by atoms with van der Waals surface area (Å²) in [5.74, 6) is 0.994. The summed E-state index contributed by atoms with van der Waals surface area (Å²) in [5, 5.41) is 3.38. The van der Waals surface area contributed by atoms with Crippen molar-refractivity contribution in [2.75, 3.05) is 13.7 Å². The maximum Gasteiger partial charge on any atom is 0.112 e. The zero-order valence-electron chi connectivity index (χ0n) is 9.82. The Balaban J connectivity index is 4.80. The number of nitrogens with one attached hydrogen (secondary N) is 1. The Bertz CT molecular complexity index is 183. The van der Waals surface area contributed by atoms with Gasteiger partial charge in [0.1, 0.15) is 5.76 Å². The number of hydrogen-bond acceptors (Lipinski definition) is 2. The molecule has 0 aromatic carbocycles. The average molecular weight is 185 g/mol. The molecule has 0 saturated heterocycles. The summed E-state index contributed by atoms with van der Waals surface area (Å²) in [6.07, 6.45) is 1.11. The second kappa shape index (κ2) is 5.15. The van der Waals surface area contributed by atoms with Crippen molar-refractivity contribution in [3.05, 3.63) is 11.5 Å². The van der Waals surface area contributed by atoms with Crippen molar-refractivity contribution >= 4 is 0 Å². The minimum Gasteiger partial charge on any atom is -0.500 e. The second-order valence-corrected chi connectivity index (χ2v) is 3.90. The maximum absolute atomic E-state index is 5.27. The number of allylic oxidation sites excluding steroid dienone is 2. The predicted molar refractivity (Wildman–Crippen MR) is 57.5 cm³/mol. The Kier molecular flexibility index (Phi) is 4.89. The number of rotatable bonds is 5. The van der Waals surface area contributed by atoms with Gasteiger partial charge in [0.25, 0.3) is 0 Å². The Morgan fingerprint density at radius 3 is 2.15 bits per heavy atom. The molecular weight excluding hydrogens is 162 g/mol. The SMILES string of the molecule is CCN/C(=C(/C)OC)C(C)(C)CC. The summed E-state index contributed by atoms with van der Waals surface area (Å²) in [5.41, 5.74) is 1.40. The molecule has 0 radical (unpaired) electrons. The maximum atomic E-state index is 5.27. The summed E-state index contributed by atoms with van der Waals surface area (Å²) >= 11 is 0. The van der Waals surface area contributed by atoms with Crippen LogP contribution in [0, 0.1) is 5.41 Å². The van der Waals surface area contributed by atoms with Gasteiger partial charge in [0.2, 0.25) is 0 Å². The van der Waals surface area contributed by atoms with Gasteiger partial charge in [-0.05, 0) is 20.3 Å². The van der Waals surface area contributed by atoms with E-state index in [2.05, 4.69) is 33.0 Å². The minimum absolute atomic E-state index is 0.177. The van der Waals surface area contributed by atoms with Crippen LogP contribution in [-0.2, 0) is 4.74 Å². The van der Waals surface area contributed by atoms with Gasteiger partial charge in [-0.2, -0.15) is 0 Å². The van der Waals surface area contributed by atoms with E-state index in [0.717, 1.165) is 18.7 Å². The fraction of sp³-hybridized carbons (Fsp3) is 0.818. The molecule has 0 heterocycles. The molecule has 0 aliphatic carbocycles. The van der Waals surface area contributed by atoms with Crippen LogP contribution >= 0.6 is 0 Å². The molecule has 0 aliphatic heterocycles. The van der Waals surface area contributed by atoms with Crippen LogP contribution in [0.1, 0.15) is 41.0 Å². The molecule has 2 heteroatoms. The quantitative estimate of drug-likeness (QED) is 0.665. The Morgan fingerprint density at radius 2 is 1.85 bits per heavy atom. The highest BCUT2D eigenvalue weighted by atomic mass is 16.5. The highest BCUT2D eigenvalue weighted by Gasteiger charge is 2.23. The summed E-state index contributed by atoms with van der Waals surface area (Å²) < 4.78 is 5.27. The van der Waals surface area contributed by atoms with Crippen LogP contribution in [0.25, 0.3) is 0 Å². The molecule has 2 nitrogen and oxygen atoms in total. The second-order valence-electron chi connectivity index (χ2n) is 3.90. The Labute approximate surface area is 82.4 Å². The van der Waals surface area contributed by atoms with Crippen LogP contribution < -0.4 is 5.32 Å². The first-order valence-electron chi connectivity index (χ1n) is 4.98. The fourth-order valence-corrected chi connectivity index (χ4v) is 1.30. The van der Waals surface area contributed by atoms with Crippen LogP contribution in [0.15, 0.2) is 11.5 Å². The smallest absolute Gasteiger partial charge is 0.112 e. The molecule has 0 aromatic rings. The highest BCUT2D eigenvalue weighted by molar-refractivity contribution is 5.13. The minimum atomic E-state index is 0.177. The van der Waals surface area contributed by atoms with Gasteiger partial charge < -0.3 is 10.1 Å². The average Bonchev–Trinajstić information content (AvgIpc) is 2.12. The van der Waals surface area contributed by atoms with Crippen LogP contribution in [-0.4, -0.2) is 13.7 Å². The fourth-order valence-electron chi connectivity index (χ4n) is 1.30. The van der Waals surface area contributed by atoms with E-state index in [1.165, 1.54) is 5.70 Å². The summed E-state index contributed by atoms with van der Waals surface area (Å²) in [7, 11) is 1.72. The van der Waals surface area contributed by atoms with Gasteiger partial charge in [-0.25, -0.2) is 0 Å². The third-order valence-electron chi connectivity index (χ3n) is 2.57. The van der Waals surface area contributed by atoms with Crippen molar-refractivity contribution in [3.8, 4) is 0 Å². The molecule has 78 valence electrons. The molecule has 0 spiro atoms. The van der Waals surface area contributed by atoms with E-state index in [1.807, 2.05) is 6.92 Å². The third kappa shape index (κ3) is 3.29. The first kappa shape index (κ1) is 12.3. The third-order valence-corrected chi connectivity index (χ3v) is 2.57. The molecule has 1 N–H and O–H groups in total.